The summed E-state index contributed by atoms with van der Waals surface area (Å²) in [5.74, 6) is -0.722. The summed E-state index contributed by atoms with van der Waals surface area (Å²) in [5.41, 5.74) is 10.9. The van der Waals surface area contributed by atoms with Crippen LogP contribution in [0.2, 0.25) is 0 Å². The number of carboxylic acids is 1. The minimum Gasteiger partial charge on any atom is -0.481 e. The van der Waals surface area contributed by atoms with Crippen LogP contribution >= 0.6 is 0 Å². The van der Waals surface area contributed by atoms with E-state index in [2.05, 4.69) is 0 Å². The van der Waals surface area contributed by atoms with E-state index in [1.807, 2.05) is 6.07 Å². The SMILES string of the molecule is CC(=O)O.NCCC[C@@H](N)C(=O)Oc1ccccc1. The molecule has 0 aliphatic heterocycles. The van der Waals surface area contributed by atoms with Crippen molar-refractivity contribution in [1.29, 1.82) is 0 Å². The number of rotatable bonds is 5. The lowest BCUT2D eigenvalue weighted by molar-refractivity contribution is -0.136. The molecule has 0 aliphatic carbocycles. The van der Waals surface area contributed by atoms with E-state index < -0.39 is 18.0 Å². The number of carboxylic acid groups (broad SMARTS) is 1. The standard InChI is InChI=1S/C11H16N2O2.C2H4O2/c12-8-4-7-10(13)11(14)15-9-5-2-1-3-6-9;1-2(3)4/h1-3,5-6,10H,4,7-8,12-13H2;1H3,(H,3,4)/t10-;/m1./s1. The Morgan fingerprint density at radius 1 is 1.32 bits per heavy atom. The fourth-order valence-corrected chi connectivity index (χ4v) is 1.14. The van der Waals surface area contributed by atoms with Crippen molar-refractivity contribution in [1.82, 2.24) is 0 Å². The van der Waals surface area contributed by atoms with E-state index >= 15 is 0 Å². The Balaban J connectivity index is 0.000000711. The zero-order valence-electron chi connectivity index (χ0n) is 10.9. The third kappa shape index (κ3) is 9.75. The van der Waals surface area contributed by atoms with E-state index in [9.17, 15) is 4.79 Å². The van der Waals surface area contributed by atoms with E-state index in [-0.39, 0.29) is 0 Å². The molecule has 1 rings (SSSR count). The number of para-hydroxylation sites is 1. The van der Waals surface area contributed by atoms with Gasteiger partial charge in [-0.15, -0.1) is 0 Å². The van der Waals surface area contributed by atoms with Gasteiger partial charge in [0.1, 0.15) is 11.8 Å². The Labute approximate surface area is 112 Å². The van der Waals surface area contributed by atoms with Gasteiger partial charge in [0, 0.05) is 6.92 Å². The third-order valence-electron chi connectivity index (χ3n) is 1.98. The van der Waals surface area contributed by atoms with Crippen LogP contribution in [0.3, 0.4) is 0 Å². The smallest absolute Gasteiger partial charge is 0.328 e. The summed E-state index contributed by atoms with van der Waals surface area (Å²) < 4.78 is 5.07. The van der Waals surface area contributed by atoms with Gasteiger partial charge in [0.2, 0.25) is 0 Å². The molecule has 0 bridgehead atoms. The summed E-state index contributed by atoms with van der Waals surface area (Å²) in [7, 11) is 0. The molecule has 0 saturated carbocycles. The Hall–Kier alpha value is -1.92. The minimum absolute atomic E-state index is 0.408. The molecule has 0 spiro atoms. The molecule has 0 aliphatic rings. The summed E-state index contributed by atoms with van der Waals surface area (Å²) >= 11 is 0. The number of aliphatic carboxylic acids is 1. The third-order valence-corrected chi connectivity index (χ3v) is 1.98. The quantitative estimate of drug-likeness (QED) is 0.536. The van der Waals surface area contributed by atoms with Gasteiger partial charge in [-0.3, -0.25) is 4.79 Å². The van der Waals surface area contributed by atoms with Gasteiger partial charge in [0.15, 0.2) is 0 Å². The largest absolute Gasteiger partial charge is 0.481 e. The summed E-state index contributed by atoms with van der Waals surface area (Å²) in [6.07, 6.45) is 1.28. The van der Waals surface area contributed by atoms with Crippen LogP contribution in [0.4, 0.5) is 0 Å². The highest BCUT2D eigenvalue weighted by Gasteiger charge is 2.14. The number of benzene rings is 1. The van der Waals surface area contributed by atoms with Crippen molar-refractivity contribution in [3.05, 3.63) is 30.3 Å². The van der Waals surface area contributed by atoms with Crippen LogP contribution in [-0.4, -0.2) is 29.6 Å². The van der Waals surface area contributed by atoms with Gasteiger partial charge in [-0.05, 0) is 31.5 Å². The second kappa shape index (κ2) is 10.0. The monoisotopic (exact) mass is 268 g/mol. The molecular formula is C13H20N2O4. The molecule has 0 amide bonds. The van der Waals surface area contributed by atoms with Crippen molar-refractivity contribution in [3.63, 3.8) is 0 Å². The van der Waals surface area contributed by atoms with Crippen LogP contribution in [0.25, 0.3) is 0 Å². The first-order valence-electron chi connectivity index (χ1n) is 5.89. The van der Waals surface area contributed by atoms with Crippen LogP contribution < -0.4 is 16.2 Å². The fraction of sp³-hybridized carbons (Fsp3) is 0.385. The molecule has 0 saturated heterocycles. The lowest BCUT2D eigenvalue weighted by atomic mass is 10.2. The maximum Gasteiger partial charge on any atom is 0.328 e. The normalized spacial score (nSPS) is 10.9. The molecule has 0 radical (unpaired) electrons. The molecule has 106 valence electrons. The van der Waals surface area contributed by atoms with Crippen molar-refractivity contribution in [2.45, 2.75) is 25.8 Å². The molecule has 6 heteroatoms. The minimum atomic E-state index is -0.833. The molecule has 1 aromatic carbocycles. The van der Waals surface area contributed by atoms with Crippen molar-refractivity contribution >= 4 is 11.9 Å². The second-order valence-corrected chi connectivity index (χ2v) is 3.79. The number of carbonyl (C=O) groups excluding carboxylic acids is 1. The van der Waals surface area contributed by atoms with Gasteiger partial charge in [0.25, 0.3) is 5.97 Å². The topological polar surface area (TPSA) is 116 Å². The Bertz CT molecular complexity index is 377. The molecule has 1 atom stereocenters. The molecule has 0 heterocycles. The van der Waals surface area contributed by atoms with Gasteiger partial charge in [-0.2, -0.15) is 0 Å². The van der Waals surface area contributed by atoms with E-state index in [0.29, 0.717) is 18.7 Å². The van der Waals surface area contributed by atoms with E-state index in [1.165, 1.54) is 0 Å². The number of nitrogens with two attached hydrogens (primary N) is 2. The van der Waals surface area contributed by atoms with Crippen LogP contribution in [0.1, 0.15) is 19.8 Å². The number of hydrogen-bond donors (Lipinski definition) is 3. The second-order valence-electron chi connectivity index (χ2n) is 3.79. The predicted molar refractivity (Wildman–Crippen MR) is 71.7 cm³/mol. The molecule has 19 heavy (non-hydrogen) atoms. The van der Waals surface area contributed by atoms with Crippen LogP contribution in [-0.2, 0) is 9.59 Å². The average Bonchev–Trinajstić information content (AvgIpc) is 2.36. The fourth-order valence-electron chi connectivity index (χ4n) is 1.14. The molecule has 1 aromatic rings. The summed E-state index contributed by atoms with van der Waals surface area (Å²) in [4.78, 5) is 20.4. The van der Waals surface area contributed by atoms with Gasteiger partial charge >= 0.3 is 5.97 Å². The molecule has 0 unspecified atom stereocenters. The highest BCUT2D eigenvalue weighted by Crippen LogP contribution is 2.09. The van der Waals surface area contributed by atoms with E-state index in [4.69, 9.17) is 26.1 Å². The van der Waals surface area contributed by atoms with Crippen LogP contribution in [0.5, 0.6) is 5.75 Å². The molecule has 6 nitrogen and oxygen atoms in total. The highest BCUT2D eigenvalue weighted by molar-refractivity contribution is 5.77. The van der Waals surface area contributed by atoms with E-state index in [0.717, 1.165) is 13.3 Å². The van der Waals surface area contributed by atoms with Gasteiger partial charge in [0.05, 0.1) is 0 Å². The zero-order chi connectivity index (χ0) is 14.7. The summed E-state index contributed by atoms with van der Waals surface area (Å²) in [6, 6.07) is 8.29. The van der Waals surface area contributed by atoms with Gasteiger partial charge in [-0.1, -0.05) is 18.2 Å². The lowest BCUT2D eigenvalue weighted by Crippen LogP contribution is -2.34. The first-order valence-corrected chi connectivity index (χ1v) is 5.89. The predicted octanol–water partition coefficient (Wildman–Crippen LogP) is 0.749. The molecule has 0 fully saturated rings. The van der Waals surface area contributed by atoms with E-state index in [1.54, 1.807) is 24.3 Å². The van der Waals surface area contributed by atoms with Crippen molar-refractivity contribution in [2.75, 3.05) is 6.54 Å². The molecule has 0 aromatic heterocycles. The van der Waals surface area contributed by atoms with Gasteiger partial charge < -0.3 is 21.3 Å². The van der Waals surface area contributed by atoms with Crippen LogP contribution in [0.15, 0.2) is 30.3 Å². The Morgan fingerprint density at radius 2 is 1.84 bits per heavy atom. The van der Waals surface area contributed by atoms with Crippen molar-refractivity contribution in [2.24, 2.45) is 11.5 Å². The van der Waals surface area contributed by atoms with Crippen LogP contribution in [0, 0.1) is 0 Å². The maximum atomic E-state index is 11.4. The average molecular weight is 268 g/mol. The Morgan fingerprint density at radius 3 is 2.32 bits per heavy atom. The first-order chi connectivity index (χ1) is 8.97. The maximum absolute atomic E-state index is 11.4. The number of ether oxygens (including phenoxy) is 1. The molecular weight excluding hydrogens is 248 g/mol. The van der Waals surface area contributed by atoms with Crippen molar-refractivity contribution < 1.29 is 19.4 Å². The first kappa shape index (κ1) is 17.1. The summed E-state index contributed by atoms with van der Waals surface area (Å²) in [6.45, 7) is 1.62. The summed E-state index contributed by atoms with van der Waals surface area (Å²) in [5, 5.41) is 7.42. The van der Waals surface area contributed by atoms with Gasteiger partial charge in [-0.25, -0.2) is 4.79 Å². The zero-order valence-corrected chi connectivity index (χ0v) is 10.9. The number of esters is 1. The van der Waals surface area contributed by atoms with Crippen molar-refractivity contribution in [3.8, 4) is 5.75 Å². The highest BCUT2D eigenvalue weighted by atomic mass is 16.5. The number of carbonyl (C=O) groups is 2. The lowest BCUT2D eigenvalue weighted by Gasteiger charge is -2.10. The molecule has 5 N–H and O–H groups in total. The number of hydrogen-bond acceptors (Lipinski definition) is 5. The Kier molecular flexibility index (Phi) is 9.03.